The molecule has 3 aromatic rings. The third-order valence-electron chi connectivity index (χ3n) is 3.23. The first-order chi connectivity index (χ1) is 10.3. The average molecular weight is 318 g/mol. The second-order valence-electron chi connectivity index (χ2n) is 4.58. The molecule has 2 aromatic carbocycles. The van der Waals surface area contributed by atoms with Crippen LogP contribution in [0.2, 0.25) is 10.0 Å². The summed E-state index contributed by atoms with van der Waals surface area (Å²) in [5.41, 5.74) is 5.94. The lowest BCUT2D eigenvalue weighted by atomic mass is 10.2. The number of benzene rings is 2. The van der Waals surface area contributed by atoms with Crippen LogP contribution in [0.1, 0.15) is 11.1 Å². The number of hydrogen-bond donors (Lipinski definition) is 2. The van der Waals surface area contributed by atoms with E-state index in [1.807, 2.05) is 42.6 Å². The number of halogens is 2. The number of aromatic amines is 1. The van der Waals surface area contributed by atoms with E-state index in [-0.39, 0.29) is 0 Å². The highest BCUT2D eigenvalue weighted by Gasteiger charge is 2.04. The summed E-state index contributed by atoms with van der Waals surface area (Å²) in [4.78, 5) is 3.20. The summed E-state index contributed by atoms with van der Waals surface area (Å²) in [6.45, 7) is 0.483. The Morgan fingerprint density at radius 1 is 1.05 bits per heavy atom. The number of fused-ring (bicyclic) bond motifs is 1. The Labute approximate surface area is 132 Å². The van der Waals surface area contributed by atoms with Gasteiger partial charge in [0.05, 0.1) is 12.8 Å². The number of hydrazone groups is 1. The molecule has 5 heteroatoms. The Morgan fingerprint density at radius 2 is 1.81 bits per heavy atom. The van der Waals surface area contributed by atoms with Crippen LogP contribution in [-0.4, -0.2) is 11.2 Å². The third kappa shape index (κ3) is 3.04. The molecule has 0 unspecified atom stereocenters. The molecule has 1 heterocycles. The fourth-order valence-corrected chi connectivity index (χ4v) is 2.67. The average Bonchev–Trinajstić information content (AvgIpc) is 2.89. The first-order valence-electron chi connectivity index (χ1n) is 6.50. The molecule has 3 nitrogen and oxygen atoms in total. The van der Waals surface area contributed by atoms with Crippen LogP contribution in [0.5, 0.6) is 0 Å². The van der Waals surface area contributed by atoms with Gasteiger partial charge >= 0.3 is 0 Å². The van der Waals surface area contributed by atoms with Gasteiger partial charge in [0.1, 0.15) is 0 Å². The predicted octanol–water partition coefficient (Wildman–Crippen LogP) is 4.60. The summed E-state index contributed by atoms with van der Waals surface area (Å²) in [7, 11) is 0. The Morgan fingerprint density at radius 3 is 2.62 bits per heavy atom. The van der Waals surface area contributed by atoms with Crippen LogP contribution >= 0.6 is 23.2 Å². The molecule has 0 fully saturated rings. The van der Waals surface area contributed by atoms with E-state index in [1.165, 1.54) is 0 Å². The molecule has 0 saturated heterocycles. The van der Waals surface area contributed by atoms with Crippen LogP contribution < -0.4 is 5.43 Å². The van der Waals surface area contributed by atoms with Gasteiger partial charge in [0.2, 0.25) is 0 Å². The summed E-state index contributed by atoms with van der Waals surface area (Å²) in [6, 6.07) is 13.5. The van der Waals surface area contributed by atoms with Gasteiger partial charge in [0, 0.05) is 38.3 Å². The number of hydrogen-bond acceptors (Lipinski definition) is 2. The summed E-state index contributed by atoms with van der Waals surface area (Å²) in [5, 5.41) is 6.64. The van der Waals surface area contributed by atoms with Crippen molar-refractivity contribution in [3.8, 4) is 0 Å². The third-order valence-corrected chi connectivity index (χ3v) is 3.94. The van der Waals surface area contributed by atoms with Gasteiger partial charge in [-0.15, -0.1) is 0 Å². The predicted molar refractivity (Wildman–Crippen MR) is 89.2 cm³/mol. The lowest BCUT2D eigenvalue weighted by molar-refractivity contribution is 0.748. The molecule has 0 amide bonds. The van der Waals surface area contributed by atoms with Crippen molar-refractivity contribution in [3.05, 3.63) is 69.8 Å². The van der Waals surface area contributed by atoms with E-state index in [0.29, 0.717) is 16.6 Å². The lowest BCUT2D eigenvalue weighted by Crippen LogP contribution is -2.06. The Kier molecular flexibility index (Phi) is 4.13. The zero-order valence-corrected chi connectivity index (χ0v) is 12.6. The fraction of sp³-hybridized carbons (Fsp3) is 0.0625. The summed E-state index contributed by atoms with van der Waals surface area (Å²) < 4.78 is 0. The van der Waals surface area contributed by atoms with Crippen LogP contribution in [0.25, 0.3) is 10.9 Å². The monoisotopic (exact) mass is 317 g/mol. The zero-order valence-electron chi connectivity index (χ0n) is 11.1. The van der Waals surface area contributed by atoms with Gasteiger partial charge < -0.3 is 10.4 Å². The number of nitrogens with zero attached hydrogens (tertiary/aromatic N) is 1. The maximum absolute atomic E-state index is 6.10. The molecule has 2 N–H and O–H groups in total. The highest BCUT2D eigenvalue weighted by Crippen LogP contribution is 2.23. The largest absolute Gasteiger partial charge is 0.361 e. The van der Waals surface area contributed by atoms with Crippen molar-refractivity contribution in [2.45, 2.75) is 6.54 Å². The van der Waals surface area contributed by atoms with Gasteiger partial charge in [-0.2, -0.15) is 5.10 Å². The number of rotatable bonds is 4. The molecular formula is C16H13Cl2N3. The summed E-state index contributed by atoms with van der Waals surface area (Å²) in [5.74, 6) is 0. The molecule has 0 radical (unpaired) electrons. The van der Waals surface area contributed by atoms with E-state index in [0.717, 1.165) is 22.0 Å². The van der Waals surface area contributed by atoms with Gasteiger partial charge in [-0.1, -0.05) is 47.5 Å². The molecule has 106 valence electrons. The zero-order chi connectivity index (χ0) is 14.7. The van der Waals surface area contributed by atoms with Crippen LogP contribution in [0.15, 0.2) is 53.8 Å². The van der Waals surface area contributed by atoms with Crippen LogP contribution in [0, 0.1) is 0 Å². The highest BCUT2D eigenvalue weighted by atomic mass is 35.5. The standard InChI is InChI=1S/C16H13Cl2N3/c17-14-5-3-6-15(18)13(14)10-21-20-9-11-8-19-16-7-2-1-4-12(11)16/h1-9,19,21H,10H2/b20-9-. The van der Waals surface area contributed by atoms with Gasteiger partial charge in [0.15, 0.2) is 0 Å². The molecule has 21 heavy (non-hydrogen) atoms. The van der Waals surface area contributed by atoms with Crippen molar-refractivity contribution in [1.82, 2.24) is 10.4 Å². The molecule has 0 spiro atoms. The first kappa shape index (κ1) is 14.0. The molecule has 0 atom stereocenters. The number of aromatic nitrogens is 1. The number of nitrogens with one attached hydrogen (secondary N) is 2. The van der Waals surface area contributed by atoms with Crippen LogP contribution in [0.3, 0.4) is 0 Å². The van der Waals surface area contributed by atoms with Crippen molar-refractivity contribution in [2.75, 3.05) is 0 Å². The van der Waals surface area contributed by atoms with E-state index in [4.69, 9.17) is 23.2 Å². The van der Waals surface area contributed by atoms with E-state index in [9.17, 15) is 0 Å². The minimum absolute atomic E-state index is 0.483. The molecule has 0 aliphatic carbocycles. The molecule has 0 bridgehead atoms. The van der Waals surface area contributed by atoms with Crippen LogP contribution in [-0.2, 0) is 6.54 Å². The van der Waals surface area contributed by atoms with Crippen molar-refractivity contribution in [3.63, 3.8) is 0 Å². The summed E-state index contributed by atoms with van der Waals surface area (Å²) >= 11 is 12.2. The maximum Gasteiger partial charge on any atom is 0.0609 e. The van der Waals surface area contributed by atoms with Crippen molar-refractivity contribution < 1.29 is 0 Å². The minimum Gasteiger partial charge on any atom is -0.361 e. The topological polar surface area (TPSA) is 40.2 Å². The van der Waals surface area contributed by atoms with Gasteiger partial charge in [-0.3, -0.25) is 0 Å². The molecule has 0 aliphatic heterocycles. The fourth-order valence-electron chi connectivity index (χ4n) is 2.14. The van der Waals surface area contributed by atoms with E-state index >= 15 is 0 Å². The van der Waals surface area contributed by atoms with E-state index < -0.39 is 0 Å². The Hall–Kier alpha value is -1.97. The second kappa shape index (κ2) is 6.20. The maximum atomic E-state index is 6.10. The molecule has 0 aliphatic rings. The molecule has 3 rings (SSSR count). The normalized spacial score (nSPS) is 11.3. The minimum atomic E-state index is 0.483. The summed E-state index contributed by atoms with van der Waals surface area (Å²) in [6.07, 6.45) is 3.71. The number of H-pyrrole nitrogens is 1. The van der Waals surface area contributed by atoms with Crippen molar-refractivity contribution >= 4 is 40.3 Å². The SMILES string of the molecule is Clc1cccc(Cl)c1CN/N=C\c1c[nH]c2ccccc12. The van der Waals surface area contributed by atoms with Gasteiger partial charge in [-0.25, -0.2) is 0 Å². The van der Waals surface area contributed by atoms with Gasteiger partial charge in [0.25, 0.3) is 0 Å². The van der Waals surface area contributed by atoms with E-state index in [1.54, 1.807) is 6.21 Å². The lowest BCUT2D eigenvalue weighted by Gasteiger charge is -2.05. The first-order valence-corrected chi connectivity index (χ1v) is 7.26. The van der Waals surface area contributed by atoms with Crippen LogP contribution in [0.4, 0.5) is 0 Å². The van der Waals surface area contributed by atoms with E-state index in [2.05, 4.69) is 21.6 Å². The van der Waals surface area contributed by atoms with Gasteiger partial charge in [-0.05, 0) is 18.2 Å². The second-order valence-corrected chi connectivity index (χ2v) is 5.40. The Balaban J connectivity index is 1.70. The molecule has 1 aromatic heterocycles. The number of para-hydroxylation sites is 1. The Bertz CT molecular complexity index is 773. The molecular weight excluding hydrogens is 305 g/mol. The quantitative estimate of drug-likeness (QED) is 0.536. The van der Waals surface area contributed by atoms with Crippen molar-refractivity contribution in [2.24, 2.45) is 5.10 Å². The van der Waals surface area contributed by atoms with Crippen molar-refractivity contribution in [1.29, 1.82) is 0 Å². The molecule has 0 saturated carbocycles. The highest BCUT2D eigenvalue weighted by molar-refractivity contribution is 6.35. The smallest absolute Gasteiger partial charge is 0.0609 e.